The summed E-state index contributed by atoms with van der Waals surface area (Å²) in [6, 6.07) is 0.418. The monoisotopic (exact) mass is 406 g/mol. The second kappa shape index (κ2) is 10.5. The molecule has 154 valence electrons. The van der Waals surface area contributed by atoms with Crippen molar-refractivity contribution < 1.29 is 28.8 Å². The van der Waals surface area contributed by atoms with Gasteiger partial charge in [-0.05, 0) is 18.9 Å². The Morgan fingerprint density at radius 2 is 2.15 bits per heavy atom. The van der Waals surface area contributed by atoms with Crippen LogP contribution in [0.2, 0.25) is 0 Å². The number of aromatic nitrogens is 2. The summed E-state index contributed by atoms with van der Waals surface area (Å²) in [6.45, 7) is 4.60. The zero-order valence-electron chi connectivity index (χ0n) is 15.6. The highest BCUT2D eigenvalue weighted by atomic mass is 31.2. The van der Waals surface area contributed by atoms with E-state index >= 15 is 0 Å². The van der Waals surface area contributed by atoms with E-state index in [0.717, 1.165) is 4.57 Å². The number of carbonyl (C=O) groups excluding carboxylic acids is 1. The first-order valence-electron chi connectivity index (χ1n) is 8.41. The van der Waals surface area contributed by atoms with Crippen LogP contribution in [0.5, 0.6) is 0 Å². The van der Waals surface area contributed by atoms with Gasteiger partial charge in [-0.3, -0.25) is 13.9 Å². The molecule has 1 rings (SSSR count). The van der Waals surface area contributed by atoms with Gasteiger partial charge in [-0.2, -0.15) is 4.98 Å². The molecular formula is C15H27N4O7P. The largest absolute Gasteiger partial charge is 0.465 e. The highest BCUT2D eigenvalue weighted by molar-refractivity contribution is 7.55. The molecule has 1 aromatic rings. The number of hydrogen-bond acceptors (Lipinski definition) is 8. The maximum absolute atomic E-state index is 12.4. The molecule has 11 nitrogen and oxygen atoms in total. The Balaban J connectivity index is 2.72. The Bertz CT molecular complexity index is 724. The molecule has 0 bridgehead atoms. The topological polar surface area (TPSA) is 166 Å². The third kappa shape index (κ3) is 7.77. The van der Waals surface area contributed by atoms with Crippen LogP contribution in [0, 0.1) is 5.92 Å². The number of nitrogens with one attached hydrogen (secondary N) is 1. The lowest BCUT2D eigenvalue weighted by molar-refractivity contribution is -0.146. The van der Waals surface area contributed by atoms with Crippen LogP contribution in [0.4, 0.5) is 5.82 Å². The van der Waals surface area contributed by atoms with Gasteiger partial charge in [-0.15, -0.1) is 0 Å². The first-order valence-corrected chi connectivity index (χ1v) is 10.3. The van der Waals surface area contributed by atoms with Crippen LogP contribution in [-0.2, 0) is 25.4 Å². The summed E-state index contributed by atoms with van der Waals surface area (Å²) in [7, 11) is -4.08. The number of anilines is 1. The van der Waals surface area contributed by atoms with E-state index < -0.39 is 44.3 Å². The molecule has 0 saturated carbocycles. The fourth-order valence-corrected chi connectivity index (χ4v) is 3.46. The molecule has 5 N–H and O–H groups in total. The van der Waals surface area contributed by atoms with E-state index in [0.29, 0.717) is 0 Å². The van der Waals surface area contributed by atoms with Gasteiger partial charge in [-0.1, -0.05) is 13.8 Å². The van der Waals surface area contributed by atoms with Gasteiger partial charge in [0, 0.05) is 6.20 Å². The number of aliphatic hydroxyl groups is 1. The molecule has 0 aliphatic rings. The van der Waals surface area contributed by atoms with E-state index in [4.69, 9.17) is 15.2 Å². The van der Waals surface area contributed by atoms with E-state index in [1.165, 1.54) is 12.3 Å². The summed E-state index contributed by atoms with van der Waals surface area (Å²) >= 11 is 0. The lowest BCUT2D eigenvalue weighted by Gasteiger charge is -2.25. The first kappa shape index (κ1) is 23.3. The molecule has 0 aliphatic carbocycles. The molecule has 0 aromatic carbocycles. The number of hydrogen-bond donors (Lipinski definition) is 4. The van der Waals surface area contributed by atoms with Crippen molar-refractivity contribution in [1.29, 1.82) is 0 Å². The maximum atomic E-state index is 12.4. The third-order valence-electron chi connectivity index (χ3n) is 3.53. The van der Waals surface area contributed by atoms with Gasteiger partial charge >= 0.3 is 11.7 Å². The number of carbonyl (C=O) groups is 1. The Hall–Kier alpha value is -1.78. The van der Waals surface area contributed by atoms with Crippen molar-refractivity contribution in [3.8, 4) is 0 Å². The van der Waals surface area contributed by atoms with Crippen molar-refractivity contribution in [3.05, 3.63) is 22.7 Å². The second-order valence-corrected chi connectivity index (χ2v) is 8.11. The predicted octanol–water partition coefficient (Wildman–Crippen LogP) is -0.477. The molecule has 0 fully saturated rings. The lowest BCUT2D eigenvalue weighted by atomic mass is 10.1. The number of nitrogen functional groups attached to an aromatic ring is 1. The molecule has 3 atom stereocenters. The molecular weight excluding hydrogens is 379 g/mol. The average molecular weight is 406 g/mol. The zero-order valence-corrected chi connectivity index (χ0v) is 16.5. The molecule has 0 radical (unpaired) electrons. The Labute approximate surface area is 157 Å². The molecule has 2 unspecified atom stereocenters. The smallest absolute Gasteiger partial charge is 0.349 e. The van der Waals surface area contributed by atoms with Gasteiger partial charge in [0.25, 0.3) is 7.52 Å². The van der Waals surface area contributed by atoms with Gasteiger partial charge in [0.2, 0.25) is 0 Å². The van der Waals surface area contributed by atoms with Crippen LogP contribution in [-0.4, -0.2) is 57.2 Å². The minimum absolute atomic E-state index is 0.0560. The predicted molar refractivity (Wildman–Crippen MR) is 98.0 cm³/mol. The van der Waals surface area contributed by atoms with Gasteiger partial charge in [0.1, 0.15) is 18.2 Å². The minimum atomic E-state index is -4.08. The van der Waals surface area contributed by atoms with Crippen molar-refractivity contribution in [2.45, 2.75) is 39.5 Å². The summed E-state index contributed by atoms with van der Waals surface area (Å²) in [5, 5.41) is 11.8. The van der Waals surface area contributed by atoms with E-state index in [9.17, 15) is 24.2 Å². The third-order valence-corrected chi connectivity index (χ3v) is 4.71. The molecule has 27 heavy (non-hydrogen) atoms. The van der Waals surface area contributed by atoms with Crippen LogP contribution in [0.1, 0.15) is 20.8 Å². The van der Waals surface area contributed by atoms with Crippen LogP contribution < -0.4 is 16.5 Å². The first-order chi connectivity index (χ1) is 12.6. The van der Waals surface area contributed by atoms with Crippen LogP contribution in [0.25, 0.3) is 0 Å². The highest BCUT2D eigenvalue weighted by Crippen LogP contribution is 2.37. The SMILES string of the molecule is CCOC(=O)C(NP(=O)(O)CO[C@H](CO)Cn1ccc(N)nc1=O)C(C)C. The van der Waals surface area contributed by atoms with Gasteiger partial charge in [0.05, 0.1) is 25.9 Å². The minimum Gasteiger partial charge on any atom is -0.465 e. The highest BCUT2D eigenvalue weighted by Gasteiger charge is 2.32. The van der Waals surface area contributed by atoms with Crippen LogP contribution in [0.15, 0.2) is 17.1 Å². The van der Waals surface area contributed by atoms with Gasteiger partial charge in [-0.25, -0.2) is 9.88 Å². The van der Waals surface area contributed by atoms with Crippen molar-refractivity contribution in [2.24, 2.45) is 5.92 Å². The number of nitrogens with two attached hydrogens (primary N) is 1. The maximum Gasteiger partial charge on any atom is 0.349 e. The van der Waals surface area contributed by atoms with E-state index in [1.54, 1.807) is 20.8 Å². The van der Waals surface area contributed by atoms with Crippen LogP contribution >= 0.6 is 7.52 Å². The Kier molecular flexibility index (Phi) is 9.07. The van der Waals surface area contributed by atoms with Crippen molar-refractivity contribution in [2.75, 3.05) is 25.3 Å². The molecule has 1 heterocycles. The summed E-state index contributed by atoms with van der Waals surface area (Å²) in [5.74, 6) is -0.877. The number of rotatable bonds is 11. The summed E-state index contributed by atoms with van der Waals surface area (Å²) in [6.07, 6.45) is -0.225. The molecule has 0 saturated heterocycles. The number of esters is 1. The van der Waals surface area contributed by atoms with E-state index in [-0.39, 0.29) is 24.9 Å². The van der Waals surface area contributed by atoms with E-state index in [1.807, 2.05) is 0 Å². The number of nitrogens with zero attached hydrogens (tertiary/aromatic N) is 2. The molecule has 0 amide bonds. The normalized spacial score (nSPS) is 15.9. The number of ether oxygens (including phenoxy) is 2. The Morgan fingerprint density at radius 1 is 1.48 bits per heavy atom. The van der Waals surface area contributed by atoms with Gasteiger partial charge < -0.3 is 25.2 Å². The number of aliphatic hydroxyl groups excluding tert-OH is 1. The quantitative estimate of drug-likeness (QED) is 0.278. The average Bonchev–Trinajstić information content (AvgIpc) is 2.58. The van der Waals surface area contributed by atoms with Crippen molar-refractivity contribution in [1.82, 2.24) is 14.6 Å². The summed E-state index contributed by atoms with van der Waals surface area (Å²) < 4.78 is 23.7. The van der Waals surface area contributed by atoms with Crippen LogP contribution in [0.3, 0.4) is 0 Å². The van der Waals surface area contributed by atoms with E-state index in [2.05, 4.69) is 10.1 Å². The molecule has 1 aromatic heterocycles. The zero-order chi connectivity index (χ0) is 20.6. The Morgan fingerprint density at radius 3 is 2.67 bits per heavy atom. The fraction of sp³-hybridized carbons (Fsp3) is 0.667. The standard InChI is InChI=1S/C15H27N4O7P/c1-4-25-14(21)13(10(2)3)18-27(23,24)9-26-11(8-20)7-19-6-5-12(16)17-15(19)22/h5-6,10-11,13,20H,4,7-9H2,1-3H3,(H2,16,17,22)(H2,18,23,24)/t11-,13?/m0/s1. The van der Waals surface area contributed by atoms with Gasteiger partial charge in [0.15, 0.2) is 0 Å². The van der Waals surface area contributed by atoms with Crippen molar-refractivity contribution in [3.63, 3.8) is 0 Å². The summed E-state index contributed by atoms with van der Waals surface area (Å²) in [4.78, 5) is 37.3. The lowest BCUT2D eigenvalue weighted by Crippen LogP contribution is -2.41. The molecule has 12 heteroatoms. The molecule has 0 aliphatic heterocycles. The van der Waals surface area contributed by atoms with Crippen molar-refractivity contribution >= 4 is 19.3 Å². The summed E-state index contributed by atoms with van der Waals surface area (Å²) in [5.41, 5.74) is 4.77. The fourth-order valence-electron chi connectivity index (χ4n) is 2.13. The second-order valence-electron chi connectivity index (χ2n) is 6.19. The molecule has 0 spiro atoms.